The molecule has 18 aromatic rings. The molecule has 12 heterocycles. The molecule has 149 heavy (non-hydrogen) atoms. The van der Waals surface area contributed by atoms with Crippen molar-refractivity contribution in [1.29, 1.82) is 0 Å². The van der Waals surface area contributed by atoms with Crippen LogP contribution in [0.1, 0.15) is 256 Å². The number of fused-ring (bicyclic) bond motifs is 9. The van der Waals surface area contributed by atoms with Gasteiger partial charge in [0.05, 0.1) is 16.7 Å². The maximum atomic E-state index is 6.07. The second kappa shape index (κ2) is 53.5. The first-order valence-corrected chi connectivity index (χ1v) is 75.7. The molecule has 0 amide bonds. The maximum absolute atomic E-state index is 6.07. The molecule has 19 rings (SSSR count). The van der Waals surface area contributed by atoms with Crippen molar-refractivity contribution in [3.05, 3.63) is 324 Å². The smallest absolute Gasteiger partial charge is 0.216 e. The van der Waals surface area contributed by atoms with Gasteiger partial charge < -0.3 is 28.2 Å². The molecule has 3 radical (unpaired) electrons. The van der Waals surface area contributed by atoms with Gasteiger partial charge in [0.2, 0.25) is 17.1 Å². The van der Waals surface area contributed by atoms with Gasteiger partial charge in [-0.05, 0) is 166 Å². The normalized spacial score (nSPS) is 12.9. The Kier molecular flexibility index (Phi) is 43.0. The summed E-state index contributed by atoms with van der Waals surface area (Å²) in [5, 5.41) is 6.34. The topological polar surface area (TPSA) is 155 Å². The Balaban J connectivity index is 0.000000170. The average molecular weight is 2700 g/mol. The number of rotatable bonds is 25. The van der Waals surface area contributed by atoms with Crippen LogP contribution in [0.25, 0.3) is 134 Å². The summed E-state index contributed by atoms with van der Waals surface area (Å²) in [6.45, 7) is 40.5. The summed E-state index contributed by atoms with van der Waals surface area (Å²) < 4.78 is 22.4. The Morgan fingerprint density at radius 1 is 0.356 bits per heavy atom. The molecular formula is C131H155Ge3Ir3N9O3-6. The zero-order valence-electron chi connectivity index (χ0n) is 93.3. The van der Waals surface area contributed by atoms with Crippen LogP contribution in [0.4, 0.5) is 0 Å². The van der Waals surface area contributed by atoms with Gasteiger partial charge in [-0.15, -0.1) is 71.3 Å². The Morgan fingerprint density at radius 2 is 0.718 bits per heavy atom. The number of aryl methyl sites for hydroxylation is 2. The minimum Gasteiger partial charge on any atom is -0.486 e. The van der Waals surface area contributed by atoms with Gasteiger partial charge in [0, 0.05) is 118 Å². The van der Waals surface area contributed by atoms with Gasteiger partial charge in [-0.1, -0.05) is 120 Å². The van der Waals surface area contributed by atoms with Crippen molar-refractivity contribution in [2.24, 2.45) is 22.7 Å². The standard InChI is InChI=1S/C27H31N2O.C25H25N2O.C22H21N2O.3C19H26GeN.3Ir/c1-6-18(7-2)23-12-11-21-22-16-19(10-13-25(22)30-26(21)29-23)24-17-20(14-15-28-24)27(5,8-3)9-4;1-16-8-10-21-22-14-20(9-11-24(22)28-25(21)27-16)23-15-19(12-13-26-23)17(2)18-6-4-3-5-7-18;1-4-15(5-2)16-10-11-23-20(13-16)17-7-9-21-19(12-17)18-8-6-14(3)24-22(18)25-21;2*1-19(2,3)13-16-12-18(15-10-8-7-9-11-15)21-14-17(16)20(4,5)6;1-6-15(2)12-17-13-19(16-10-8-7-9-11-16)21-14-18(17)20(3,4)5;;;/h11-18H,6-9H2,1-5H3;8,10-15,17-18H,3-7H2,1-2H3;6,8-13,15H,4-5H2,1-3H3;2*7-10,12,14H,13H2,1-6H3;7-10,13-15H,6,12H2,1-5H3;;;/q6*-1;;;. The van der Waals surface area contributed by atoms with E-state index in [-0.39, 0.29) is 65.7 Å². The van der Waals surface area contributed by atoms with E-state index in [2.05, 4.69) is 364 Å². The summed E-state index contributed by atoms with van der Waals surface area (Å²) in [4.78, 5) is 41.8. The van der Waals surface area contributed by atoms with Crippen LogP contribution in [0.15, 0.2) is 251 Å². The summed E-state index contributed by atoms with van der Waals surface area (Å²) in [5.41, 5.74) is 29.2. The van der Waals surface area contributed by atoms with Crippen LogP contribution < -0.4 is 13.2 Å². The van der Waals surface area contributed by atoms with Crippen molar-refractivity contribution < 1.29 is 73.6 Å². The molecule has 0 spiro atoms. The van der Waals surface area contributed by atoms with E-state index < -0.39 is 39.8 Å². The molecular weight excluding hydrogens is 2540 g/mol. The molecule has 0 aliphatic heterocycles. The SMILES string of the molecule is CC(C)(C)Cc1cc(-c2[c-]cccc2)nc[c]1[Ge]([CH3])([CH3])[CH3].CC(C)(C)Cc1cc(-c2[c-]cccc2)nc[c]1[Ge]([CH3])([CH3])[CH3].CCC(C)Cc1cc(-c2[c-]cccc2)nc[c]1[Ge]([CH3])([CH3])[CH3].CCC(CC)c1ccc2c(n1)oc1c[c-]c(-c3cc(C(C)(CC)CC)ccn3)cc12.CCC(CC)c1ccnc(-c2[c-]cc3oc4nc(C)ccc4c3c2)c1.Cc1ccc2c(n1)oc1c[c-]c(-c3cc(C(C)C4CCCCC4)ccn3)cc12.[Ir].[Ir].[Ir]. The fourth-order valence-electron chi connectivity index (χ4n) is 20.1. The van der Waals surface area contributed by atoms with Crippen LogP contribution in [0.3, 0.4) is 0 Å². The first-order valence-electron chi connectivity index (χ1n) is 53.6. The first-order chi connectivity index (χ1) is 69.6. The quantitative estimate of drug-likeness (QED) is 0.0395. The number of nitrogens with zero attached hydrogens (tertiary/aromatic N) is 9. The molecule has 787 valence electrons. The summed E-state index contributed by atoms with van der Waals surface area (Å²) in [6, 6.07) is 88.8. The third-order valence-electron chi connectivity index (χ3n) is 29.3. The molecule has 6 aromatic carbocycles. The average Bonchev–Trinajstić information content (AvgIpc) is 1.65. The molecule has 12 aromatic heterocycles. The second-order valence-electron chi connectivity index (χ2n) is 46.2. The van der Waals surface area contributed by atoms with E-state index in [1.807, 2.05) is 111 Å². The third-order valence-corrected chi connectivity index (χ3v) is 42.3. The van der Waals surface area contributed by atoms with Gasteiger partial charge in [-0.25, -0.2) is 15.0 Å². The molecule has 1 saturated carbocycles. The molecule has 2 unspecified atom stereocenters. The zero-order valence-corrected chi connectivity index (χ0v) is 107. The number of hydrogen-bond donors (Lipinski definition) is 0. The number of aromatic nitrogens is 9. The zero-order chi connectivity index (χ0) is 105. The number of benzene rings is 6. The minimum absolute atomic E-state index is 0. The molecule has 1 fully saturated rings. The number of hydrogen-bond acceptors (Lipinski definition) is 12. The fraction of sp³-hybridized carbons (Fsp3) is 0.382. The van der Waals surface area contributed by atoms with Gasteiger partial charge in [0.1, 0.15) is 0 Å². The van der Waals surface area contributed by atoms with Crippen LogP contribution >= 0.6 is 0 Å². The fourth-order valence-corrected chi connectivity index (χ4v) is 30.1. The van der Waals surface area contributed by atoms with E-state index in [1.54, 1.807) is 4.40 Å². The largest absolute Gasteiger partial charge is 0.486 e. The van der Waals surface area contributed by atoms with Crippen molar-refractivity contribution in [2.75, 3.05) is 0 Å². The van der Waals surface area contributed by atoms with E-state index in [4.69, 9.17) is 33.2 Å². The predicted molar refractivity (Wildman–Crippen MR) is 624 cm³/mol. The van der Waals surface area contributed by atoms with Crippen LogP contribution in [0.2, 0.25) is 51.8 Å². The molecule has 0 N–H and O–H groups in total. The maximum Gasteiger partial charge on any atom is 0.216 e. The molecule has 1 aliphatic rings. The number of furan rings is 3. The van der Waals surface area contributed by atoms with E-state index in [1.165, 1.54) is 80.7 Å². The monoisotopic (exact) mass is 2700 g/mol. The first kappa shape index (κ1) is 120. The van der Waals surface area contributed by atoms with Gasteiger partial charge in [-0.3, -0.25) is 0 Å². The Hall–Kier alpha value is -9.35. The van der Waals surface area contributed by atoms with E-state index in [0.717, 1.165) is 203 Å². The molecule has 12 nitrogen and oxygen atoms in total. The molecule has 0 saturated heterocycles. The van der Waals surface area contributed by atoms with Gasteiger partial charge >= 0.3 is 396 Å². The Morgan fingerprint density at radius 3 is 1.09 bits per heavy atom. The van der Waals surface area contributed by atoms with Crippen molar-refractivity contribution in [2.45, 2.75) is 296 Å². The van der Waals surface area contributed by atoms with Crippen LogP contribution in [-0.4, -0.2) is 84.7 Å². The predicted octanol–water partition coefficient (Wildman–Crippen LogP) is 34.8. The van der Waals surface area contributed by atoms with Gasteiger partial charge in [0.25, 0.3) is 0 Å². The summed E-state index contributed by atoms with van der Waals surface area (Å²) in [5.74, 6) is 25.1. The summed E-state index contributed by atoms with van der Waals surface area (Å²) in [6.07, 6.45) is 30.3. The molecule has 2 atom stereocenters. The van der Waals surface area contributed by atoms with Crippen molar-refractivity contribution >= 4 is 119 Å². The van der Waals surface area contributed by atoms with Crippen LogP contribution in [-0.2, 0) is 85.0 Å². The minimum atomic E-state index is -1.90. The Bertz CT molecular complexity index is 7280. The van der Waals surface area contributed by atoms with Crippen molar-refractivity contribution in [3.63, 3.8) is 0 Å². The molecule has 0 bridgehead atoms. The van der Waals surface area contributed by atoms with Crippen molar-refractivity contribution in [1.82, 2.24) is 44.9 Å². The van der Waals surface area contributed by atoms with E-state index >= 15 is 0 Å². The summed E-state index contributed by atoms with van der Waals surface area (Å²) >= 11 is -5.67. The van der Waals surface area contributed by atoms with Gasteiger partial charge in [0.15, 0.2) is 0 Å². The van der Waals surface area contributed by atoms with Gasteiger partial charge in [-0.2, -0.15) is 0 Å². The van der Waals surface area contributed by atoms with E-state index in [9.17, 15) is 0 Å². The number of pyridine rings is 9. The van der Waals surface area contributed by atoms with E-state index in [0.29, 0.717) is 45.7 Å². The summed E-state index contributed by atoms with van der Waals surface area (Å²) in [7, 11) is 0. The second-order valence-corrected chi connectivity index (χ2v) is 77.9. The Labute approximate surface area is 939 Å². The van der Waals surface area contributed by atoms with Crippen LogP contribution in [0, 0.1) is 72.9 Å². The molecule has 18 heteroatoms. The van der Waals surface area contributed by atoms with Crippen molar-refractivity contribution in [3.8, 4) is 67.5 Å². The van der Waals surface area contributed by atoms with Crippen LogP contribution in [0.5, 0.6) is 0 Å². The third kappa shape index (κ3) is 31.3. The molecule has 1 aliphatic carbocycles.